The summed E-state index contributed by atoms with van der Waals surface area (Å²) in [5, 5.41) is 19.7. The van der Waals surface area contributed by atoms with Crippen LogP contribution in [-0.4, -0.2) is 25.9 Å². The van der Waals surface area contributed by atoms with Gasteiger partial charge in [0.1, 0.15) is 10.6 Å². The van der Waals surface area contributed by atoms with E-state index in [1.807, 2.05) is 36.4 Å². The standard InChI is InChI=1S/C19H14N6O3/c26-25(27)18-9-8-17(28-18)19-14(11-21-22-15-5-4-10-20-12-15)13-24(23-19)16-6-2-1-3-7-16/h1-13,22H/b21-11+. The van der Waals surface area contributed by atoms with Crippen LogP contribution in [0.2, 0.25) is 0 Å². The molecule has 9 nitrogen and oxygen atoms in total. The fourth-order valence-electron chi connectivity index (χ4n) is 2.54. The van der Waals surface area contributed by atoms with Gasteiger partial charge in [-0.25, -0.2) is 4.68 Å². The van der Waals surface area contributed by atoms with E-state index in [0.29, 0.717) is 11.3 Å². The van der Waals surface area contributed by atoms with Crippen molar-refractivity contribution in [3.05, 3.63) is 88.9 Å². The van der Waals surface area contributed by atoms with Crippen molar-refractivity contribution >= 4 is 17.8 Å². The van der Waals surface area contributed by atoms with Crippen molar-refractivity contribution < 1.29 is 9.34 Å². The Morgan fingerprint density at radius 3 is 2.71 bits per heavy atom. The van der Waals surface area contributed by atoms with Crippen LogP contribution in [-0.2, 0) is 0 Å². The Morgan fingerprint density at radius 1 is 1.14 bits per heavy atom. The van der Waals surface area contributed by atoms with Gasteiger partial charge in [0.15, 0.2) is 5.76 Å². The number of hydrogen-bond donors (Lipinski definition) is 1. The highest BCUT2D eigenvalue weighted by Crippen LogP contribution is 2.27. The number of hydrazone groups is 1. The lowest BCUT2D eigenvalue weighted by atomic mass is 10.2. The third-order valence-electron chi connectivity index (χ3n) is 3.83. The van der Waals surface area contributed by atoms with Crippen molar-refractivity contribution in [3.8, 4) is 17.1 Å². The maximum atomic E-state index is 10.9. The third kappa shape index (κ3) is 3.63. The number of anilines is 1. The molecule has 0 saturated carbocycles. The van der Waals surface area contributed by atoms with Crippen molar-refractivity contribution in [2.75, 3.05) is 5.43 Å². The molecule has 138 valence electrons. The highest BCUT2D eigenvalue weighted by molar-refractivity contribution is 5.88. The molecule has 4 rings (SSSR count). The van der Waals surface area contributed by atoms with Gasteiger partial charge in [-0.1, -0.05) is 18.2 Å². The molecule has 0 spiro atoms. The lowest BCUT2D eigenvalue weighted by molar-refractivity contribution is -0.401. The summed E-state index contributed by atoms with van der Waals surface area (Å²) in [5.41, 5.74) is 5.51. The number of nitro groups is 1. The van der Waals surface area contributed by atoms with Crippen molar-refractivity contribution in [2.45, 2.75) is 0 Å². The van der Waals surface area contributed by atoms with Crippen LogP contribution in [0.25, 0.3) is 17.1 Å². The molecule has 3 heterocycles. The zero-order valence-electron chi connectivity index (χ0n) is 14.5. The number of aromatic nitrogens is 3. The molecule has 0 unspecified atom stereocenters. The summed E-state index contributed by atoms with van der Waals surface area (Å²) in [6.07, 6.45) is 6.65. The summed E-state index contributed by atoms with van der Waals surface area (Å²) in [6.45, 7) is 0. The Labute approximate surface area is 159 Å². The molecule has 3 aromatic heterocycles. The minimum atomic E-state index is -0.588. The van der Waals surface area contributed by atoms with Crippen LogP contribution in [0.5, 0.6) is 0 Å². The summed E-state index contributed by atoms with van der Waals surface area (Å²) in [5.74, 6) is -0.0650. The first kappa shape index (κ1) is 17.2. The van der Waals surface area contributed by atoms with Crippen LogP contribution in [0.1, 0.15) is 5.56 Å². The van der Waals surface area contributed by atoms with Crippen LogP contribution in [0.4, 0.5) is 11.6 Å². The quantitative estimate of drug-likeness (QED) is 0.311. The summed E-state index contributed by atoms with van der Waals surface area (Å²) >= 11 is 0. The van der Waals surface area contributed by atoms with Gasteiger partial charge < -0.3 is 4.42 Å². The highest BCUT2D eigenvalue weighted by atomic mass is 16.6. The Kier molecular flexibility index (Phi) is 4.62. The minimum Gasteiger partial charge on any atom is -0.399 e. The number of para-hydroxylation sites is 1. The minimum absolute atomic E-state index is 0.282. The lowest BCUT2D eigenvalue weighted by Gasteiger charge is -1.98. The third-order valence-corrected chi connectivity index (χ3v) is 3.83. The van der Waals surface area contributed by atoms with Crippen LogP contribution >= 0.6 is 0 Å². The average Bonchev–Trinajstić information content (AvgIpc) is 3.37. The number of nitrogens with zero attached hydrogens (tertiary/aromatic N) is 5. The molecule has 0 amide bonds. The van der Waals surface area contributed by atoms with Gasteiger partial charge in [-0.2, -0.15) is 10.2 Å². The maximum Gasteiger partial charge on any atom is 0.433 e. The van der Waals surface area contributed by atoms with Gasteiger partial charge >= 0.3 is 5.88 Å². The Bertz CT molecular complexity index is 1120. The second-order valence-electron chi connectivity index (χ2n) is 5.72. The van der Waals surface area contributed by atoms with E-state index in [4.69, 9.17) is 4.42 Å². The van der Waals surface area contributed by atoms with E-state index in [1.54, 1.807) is 35.6 Å². The molecular weight excluding hydrogens is 360 g/mol. The molecule has 0 fully saturated rings. The molecule has 0 saturated heterocycles. The van der Waals surface area contributed by atoms with E-state index in [-0.39, 0.29) is 11.6 Å². The molecule has 1 N–H and O–H groups in total. The normalized spacial score (nSPS) is 11.0. The van der Waals surface area contributed by atoms with E-state index in [0.717, 1.165) is 11.4 Å². The van der Waals surface area contributed by atoms with Gasteiger partial charge in [0.25, 0.3) is 0 Å². The van der Waals surface area contributed by atoms with E-state index >= 15 is 0 Å². The molecule has 0 aliphatic carbocycles. The van der Waals surface area contributed by atoms with Gasteiger partial charge in [-0.15, -0.1) is 0 Å². The van der Waals surface area contributed by atoms with Gasteiger partial charge in [0, 0.05) is 18.0 Å². The SMILES string of the molecule is O=[N+]([O-])c1ccc(-c2nn(-c3ccccc3)cc2/C=N/Nc2cccnc2)o1. The van der Waals surface area contributed by atoms with Crippen molar-refractivity contribution in [1.29, 1.82) is 0 Å². The molecule has 4 aromatic rings. The molecule has 0 aliphatic heterocycles. The van der Waals surface area contributed by atoms with Gasteiger partial charge in [0.2, 0.25) is 0 Å². The average molecular weight is 374 g/mol. The molecule has 1 aromatic carbocycles. The molecule has 0 bridgehead atoms. The van der Waals surface area contributed by atoms with Gasteiger partial charge in [-0.3, -0.25) is 20.5 Å². The first-order valence-corrected chi connectivity index (χ1v) is 8.29. The van der Waals surface area contributed by atoms with Crippen molar-refractivity contribution in [3.63, 3.8) is 0 Å². The number of pyridine rings is 1. The predicted octanol–water partition coefficient (Wildman–Crippen LogP) is 3.88. The van der Waals surface area contributed by atoms with E-state index in [1.165, 1.54) is 12.1 Å². The number of rotatable bonds is 6. The summed E-state index contributed by atoms with van der Waals surface area (Å²) < 4.78 is 6.98. The van der Waals surface area contributed by atoms with Crippen LogP contribution in [0, 0.1) is 10.1 Å². The Morgan fingerprint density at radius 2 is 2.00 bits per heavy atom. The zero-order valence-corrected chi connectivity index (χ0v) is 14.5. The first-order valence-electron chi connectivity index (χ1n) is 8.29. The Balaban J connectivity index is 1.70. The summed E-state index contributed by atoms with van der Waals surface area (Å²) in [7, 11) is 0. The second-order valence-corrected chi connectivity index (χ2v) is 5.72. The molecule has 28 heavy (non-hydrogen) atoms. The van der Waals surface area contributed by atoms with E-state index < -0.39 is 4.92 Å². The summed E-state index contributed by atoms with van der Waals surface area (Å²) in [6, 6.07) is 15.9. The maximum absolute atomic E-state index is 10.9. The second kappa shape index (κ2) is 7.54. The van der Waals surface area contributed by atoms with Crippen molar-refractivity contribution in [1.82, 2.24) is 14.8 Å². The molecular formula is C19H14N6O3. The van der Waals surface area contributed by atoms with Crippen LogP contribution in [0.3, 0.4) is 0 Å². The smallest absolute Gasteiger partial charge is 0.399 e. The van der Waals surface area contributed by atoms with Crippen molar-refractivity contribution in [2.24, 2.45) is 5.10 Å². The monoisotopic (exact) mass is 374 g/mol. The first-order chi connectivity index (χ1) is 13.7. The molecule has 0 atom stereocenters. The van der Waals surface area contributed by atoms with E-state index in [2.05, 4.69) is 20.6 Å². The number of furan rings is 1. The van der Waals surface area contributed by atoms with Crippen LogP contribution in [0.15, 0.2) is 82.7 Å². The Hall–Kier alpha value is -4.27. The summed E-state index contributed by atoms with van der Waals surface area (Å²) in [4.78, 5) is 14.3. The molecule has 0 radical (unpaired) electrons. The van der Waals surface area contributed by atoms with Crippen LogP contribution < -0.4 is 5.43 Å². The number of hydrogen-bond acceptors (Lipinski definition) is 7. The molecule has 0 aliphatic rings. The van der Waals surface area contributed by atoms with Gasteiger partial charge in [-0.05, 0) is 30.3 Å². The van der Waals surface area contributed by atoms with Gasteiger partial charge in [0.05, 0.1) is 29.9 Å². The zero-order chi connectivity index (χ0) is 19.3. The molecule has 9 heteroatoms. The highest BCUT2D eigenvalue weighted by Gasteiger charge is 2.18. The lowest BCUT2D eigenvalue weighted by Crippen LogP contribution is -1.93. The fraction of sp³-hybridized carbons (Fsp3) is 0. The number of benzene rings is 1. The largest absolute Gasteiger partial charge is 0.433 e. The van der Waals surface area contributed by atoms with E-state index in [9.17, 15) is 10.1 Å². The predicted molar refractivity (Wildman–Crippen MR) is 103 cm³/mol. The fourth-order valence-corrected chi connectivity index (χ4v) is 2.54. The topological polar surface area (TPSA) is 111 Å². The number of nitrogens with one attached hydrogen (secondary N) is 1.